The summed E-state index contributed by atoms with van der Waals surface area (Å²) in [6.45, 7) is 3.62. The van der Waals surface area contributed by atoms with Crippen LogP contribution in [-0.2, 0) is 27.2 Å². The van der Waals surface area contributed by atoms with Gasteiger partial charge < -0.3 is 10.1 Å². The van der Waals surface area contributed by atoms with Gasteiger partial charge in [-0.05, 0) is 42.2 Å². The third-order valence-electron chi connectivity index (χ3n) is 3.89. The van der Waals surface area contributed by atoms with Crippen molar-refractivity contribution in [3.05, 3.63) is 71.0 Å². The first-order chi connectivity index (χ1) is 12.0. The second-order valence-corrected chi connectivity index (χ2v) is 5.85. The Morgan fingerprint density at radius 1 is 1.04 bits per heavy atom. The van der Waals surface area contributed by atoms with Crippen molar-refractivity contribution in [2.45, 2.75) is 32.7 Å². The van der Waals surface area contributed by atoms with Gasteiger partial charge in [-0.1, -0.05) is 43.3 Å². The van der Waals surface area contributed by atoms with Crippen LogP contribution in [0.15, 0.2) is 48.5 Å². The molecule has 4 nitrogen and oxygen atoms in total. The van der Waals surface area contributed by atoms with Crippen LogP contribution >= 0.6 is 0 Å². The molecule has 0 bridgehead atoms. The normalized spacial score (nSPS) is 11.6. The van der Waals surface area contributed by atoms with Crippen molar-refractivity contribution >= 4 is 11.9 Å². The molecule has 1 N–H and O–H groups in total. The van der Waals surface area contributed by atoms with Crippen molar-refractivity contribution in [3.63, 3.8) is 0 Å². The number of hydrogen-bond acceptors (Lipinski definition) is 3. The van der Waals surface area contributed by atoms with Gasteiger partial charge in [0.2, 0.25) is 0 Å². The first-order valence-corrected chi connectivity index (χ1v) is 8.26. The lowest BCUT2D eigenvalue weighted by atomic mass is 10.1. The van der Waals surface area contributed by atoms with E-state index in [1.54, 1.807) is 0 Å². The highest BCUT2D eigenvalue weighted by molar-refractivity contribution is 5.81. The molecule has 25 heavy (non-hydrogen) atoms. The van der Waals surface area contributed by atoms with Gasteiger partial charge in [-0.25, -0.2) is 4.39 Å². The lowest BCUT2D eigenvalue weighted by Gasteiger charge is -2.15. The van der Waals surface area contributed by atoms with Crippen molar-refractivity contribution in [1.29, 1.82) is 0 Å². The molecule has 0 saturated carbocycles. The van der Waals surface area contributed by atoms with E-state index in [4.69, 9.17) is 4.74 Å². The Labute approximate surface area is 147 Å². The van der Waals surface area contributed by atoms with Gasteiger partial charge in [-0.15, -0.1) is 0 Å². The molecule has 0 radical (unpaired) electrons. The van der Waals surface area contributed by atoms with Gasteiger partial charge in [0.15, 0.2) is 6.61 Å². The van der Waals surface area contributed by atoms with E-state index in [1.807, 2.05) is 31.2 Å². The number of ether oxygens (including phenoxy) is 1. The zero-order valence-electron chi connectivity index (χ0n) is 14.4. The maximum Gasteiger partial charge on any atom is 0.310 e. The molecular formula is C20H22FNO3. The molecule has 0 aliphatic carbocycles. The van der Waals surface area contributed by atoms with Crippen molar-refractivity contribution < 1.29 is 18.7 Å². The summed E-state index contributed by atoms with van der Waals surface area (Å²) in [4.78, 5) is 23.6. The quantitative estimate of drug-likeness (QED) is 0.785. The molecule has 0 aliphatic heterocycles. The molecule has 0 unspecified atom stereocenters. The van der Waals surface area contributed by atoms with Crippen LogP contribution in [0.5, 0.6) is 0 Å². The Hall–Kier alpha value is -2.69. The number of benzene rings is 2. The Morgan fingerprint density at radius 3 is 2.24 bits per heavy atom. The number of carbonyl (C=O) groups is 2. The molecule has 0 saturated heterocycles. The zero-order valence-corrected chi connectivity index (χ0v) is 14.4. The molecule has 1 amide bonds. The van der Waals surface area contributed by atoms with E-state index in [2.05, 4.69) is 12.2 Å². The fourth-order valence-electron chi connectivity index (χ4n) is 2.37. The number of halogens is 1. The molecule has 0 fully saturated rings. The van der Waals surface area contributed by atoms with Crippen LogP contribution in [0.3, 0.4) is 0 Å². The topological polar surface area (TPSA) is 55.4 Å². The van der Waals surface area contributed by atoms with Gasteiger partial charge in [0, 0.05) is 0 Å². The molecular weight excluding hydrogens is 321 g/mol. The maximum atomic E-state index is 12.8. The molecule has 5 heteroatoms. The molecule has 2 aromatic rings. The van der Waals surface area contributed by atoms with E-state index in [1.165, 1.54) is 29.8 Å². The number of nitrogens with one attached hydrogen (secondary N) is 1. The van der Waals surface area contributed by atoms with Gasteiger partial charge in [-0.3, -0.25) is 9.59 Å². The molecule has 132 valence electrons. The summed E-state index contributed by atoms with van der Waals surface area (Å²) in [6.07, 6.45) is 0.965. The minimum atomic E-state index is -0.526. The average molecular weight is 343 g/mol. The fraction of sp³-hybridized carbons (Fsp3) is 0.300. The molecule has 0 spiro atoms. The van der Waals surface area contributed by atoms with Crippen LogP contribution in [0, 0.1) is 5.82 Å². The van der Waals surface area contributed by atoms with Crippen LogP contribution in [0.2, 0.25) is 0 Å². The SMILES string of the molecule is CCc1ccc([C@@H](C)NC(=O)COC(=O)Cc2ccc(F)cc2)cc1. The van der Waals surface area contributed by atoms with Crippen molar-refractivity contribution in [3.8, 4) is 0 Å². The lowest BCUT2D eigenvalue weighted by molar-refractivity contribution is -0.148. The van der Waals surface area contributed by atoms with Gasteiger partial charge >= 0.3 is 5.97 Å². The number of aryl methyl sites for hydroxylation is 1. The highest BCUT2D eigenvalue weighted by Crippen LogP contribution is 2.13. The van der Waals surface area contributed by atoms with Crippen LogP contribution < -0.4 is 5.32 Å². The third-order valence-corrected chi connectivity index (χ3v) is 3.89. The number of hydrogen-bond donors (Lipinski definition) is 1. The summed E-state index contributed by atoms with van der Waals surface area (Å²) < 4.78 is 17.8. The van der Waals surface area contributed by atoms with Crippen LogP contribution in [0.4, 0.5) is 4.39 Å². The van der Waals surface area contributed by atoms with E-state index in [0.717, 1.165) is 12.0 Å². The number of rotatable bonds is 7. The highest BCUT2D eigenvalue weighted by atomic mass is 19.1. The molecule has 2 aromatic carbocycles. The summed E-state index contributed by atoms with van der Waals surface area (Å²) in [5, 5.41) is 2.79. The number of amides is 1. The van der Waals surface area contributed by atoms with Gasteiger partial charge in [0.05, 0.1) is 12.5 Å². The zero-order chi connectivity index (χ0) is 18.2. The van der Waals surface area contributed by atoms with E-state index in [-0.39, 0.29) is 30.8 Å². The van der Waals surface area contributed by atoms with Gasteiger partial charge in [0.25, 0.3) is 5.91 Å². The van der Waals surface area contributed by atoms with E-state index < -0.39 is 5.97 Å². The van der Waals surface area contributed by atoms with E-state index in [9.17, 15) is 14.0 Å². The smallest absolute Gasteiger partial charge is 0.310 e. The van der Waals surface area contributed by atoms with Crippen molar-refractivity contribution in [2.75, 3.05) is 6.61 Å². The van der Waals surface area contributed by atoms with E-state index in [0.29, 0.717) is 5.56 Å². The highest BCUT2D eigenvalue weighted by Gasteiger charge is 2.12. The Kier molecular flexibility index (Phi) is 6.69. The molecule has 0 aliphatic rings. The number of carbonyl (C=O) groups excluding carboxylic acids is 2. The summed E-state index contributed by atoms with van der Waals surface area (Å²) in [5.74, 6) is -1.25. The Bertz CT molecular complexity index is 711. The Morgan fingerprint density at radius 2 is 1.64 bits per heavy atom. The molecule has 0 aromatic heterocycles. The predicted octanol–water partition coefficient (Wildman–Crippen LogP) is 3.35. The standard InChI is InChI=1S/C20H22FNO3/c1-3-15-4-8-17(9-5-15)14(2)22-19(23)13-25-20(24)12-16-6-10-18(21)11-7-16/h4-11,14H,3,12-13H2,1-2H3,(H,22,23)/t14-/m1/s1. The minimum absolute atomic E-state index is 0.00158. The Balaban J connectivity index is 1.77. The molecule has 2 rings (SSSR count). The molecule has 1 atom stereocenters. The van der Waals surface area contributed by atoms with Gasteiger partial charge in [0.1, 0.15) is 5.82 Å². The summed E-state index contributed by atoms with van der Waals surface area (Å²) >= 11 is 0. The van der Waals surface area contributed by atoms with Crippen molar-refractivity contribution in [1.82, 2.24) is 5.32 Å². The van der Waals surface area contributed by atoms with Crippen molar-refractivity contribution in [2.24, 2.45) is 0 Å². The fourth-order valence-corrected chi connectivity index (χ4v) is 2.37. The largest absolute Gasteiger partial charge is 0.455 e. The second kappa shape index (κ2) is 8.97. The van der Waals surface area contributed by atoms with Crippen LogP contribution in [0.25, 0.3) is 0 Å². The first kappa shape index (κ1) is 18.6. The average Bonchev–Trinajstić information content (AvgIpc) is 2.62. The second-order valence-electron chi connectivity index (χ2n) is 5.85. The van der Waals surface area contributed by atoms with Gasteiger partial charge in [-0.2, -0.15) is 0 Å². The monoisotopic (exact) mass is 343 g/mol. The summed E-state index contributed by atoms with van der Waals surface area (Å²) in [7, 11) is 0. The maximum absolute atomic E-state index is 12.8. The summed E-state index contributed by atoms with van der Waals surface area (Å²) in [5.41, 5.74) is 2.86. The molecule has 0 heterocycles. The lowest BCUT2D eigenvalue weighted by Crippen LogP contribution is -2.31. The van der Waals surface area contributed by atoms with E-state index >= 15 is 0 Å². The number of esters is 1. The third kappa shape index (κ3) is 6.03. The predicted molar refractivity (Wildman–Crippen MR) is 93.4 cm³/mol. The van der Waals surface area contributed by atoms with Crippen LogP contribution in [-0.4, -0.2) is 18.5 Å². The minimum Gasteiger partial charge on any atom is -0.455 e. The first-order valence-electron chi connectivity index (χ1n) is 8.26. The summed E-state index contributed by atoms with van der Waals surface area (Å²) in [6, 6.07) is 13.4. The van der Waals surface area contributed by atoms with Crippen LogP contribution in [0.1, 0.15) is 36.6 Å².